The maximum atomic E-state index is 11.9. The molecule has 15 heavy (non-hydrogen) atoms. The van der Waals surface area contributed by atoms with Gasteiger partial charge in [-0.1, -0.05) is 19.3 Å². The minimum atomic E-state index is 0.266. The summed E-state index contributed by atoms with van der Waals surface area (Å²) in [6.45, 7) is 0. The lowest BCUT2D eigenvalue weighted by Crippen LogP contribution is -2.20. The number of hydrogen-bond acceptors (Lipinski definition) is 3. The van der Waals surface area contributed by atoms with E-state index in [4.69, 9.17) is 0 Å². The van der Waals surface area contributed by atoms with Gasteiger partial charge in [-0.3, -0.25) is 4.79 Å². The fourth-order valence-electron chi connectivity index (χ4n) is 2.15. The Bertz CT molecular complexity index is 318. The molecule has 3 heteroatoms. The Labute approximate surface area is 89.9 Å². The summed E-state index contributed by atoms with van der Waals surface area (Å²) < 4.78 is 0. The van der Waals surface area contributed by atoms with Crippen molar-refractivity contribution in [2.45, 2.75) is 38.5 Å². The molecule has 0 radical (unpaired) electrons. The van der Waals surface area contributed by atoms with Crippen molar-refractivity contribution in [3.63, 3.8) is 0 Å². The molecule has 0 unspecified atom stereocenters. The van der Waals surface area contributed by atoms with Gasteiger partial charge in [-0.25, -0.2) is 9.97 Å². The van der Waals surface area contributed by atoms with E-state index in [0.29, 0.717) is 18.0 Å². The van der Waals surface area contributed by atoms with Crippen LogP contribution in [-0.4, -0.2) is 15.8 Å². The summed E-state index contributed by atoms with van der Waals surface area (Å²) in [7, 11) is 0. The fraction of sp³-hybridized carbons (Fsp3) is 0.583. The van der Waals surface area contributed by atoms with Crippen molar-refractivity contribution in [3.05, 3.63) is 24.3 Å². The average Bonchev–Trinajstić information content (AvgIpc) is 2.31. The molecular weight excluding hydrogens is 188 g/mol. The number of ketones is 1. The Balaban J connectivity index is 1.91. The molecule has 0 spiro atoms. The minimum absolute atomic E-state index is 0.266. The van der Waals surface area contributed by atoms with E-state index in [-0.39, 0.29) is 5.92 Å². The lowest BCUT2D eigenvalue weighted by atomic mass is 9.85. The number of carbonyl (C=O) groups is 1. The highest BCUT2D eigenvalue weighted by Gasteiger charge is 2.21. The molecule has 0 aromatic carbocycles. The molecule has 0 atom stereocenters. The quantitative estimate of drug-likeness (QED) is 0.757. The standard InChI is InChI=1S/C12H16N2O/c15-11(10-5-2-1-3-6-10)9-12-13-7-4-8-14-12/h4,7-8,10H,1-3,5-6,9H2. The highest BCUT2D eigenvalue weighted by atomic mass is 16.1. The normalized spacial score (nSPS) is 17.6. The van der Waals surface area contributed by atoms with Gasteiger partial charge in [0.1, 0.15) is 11.6 Å². The second-order valence-corrected chi connectivity index (χ2v) is 4.14. The molecule has 80 valence electrons. The maximum Gasteiger partial charge on any atom is 0.143 e. The summed E-state index contributed by atoms with van der Waals surface area (Å²) in [5.74, 6) is 1.25. The second-order valence-electron chi connectivity index (χ2n) is 4.14. The zero-order chi connectivity index (χ0) is 10.5. The van der Waals surface area contributed by atoms with Gasteiger partial charge in [-0.05, 0) is 18.9 Å². The third-order valence-corrected chi connectivity index (χ3v) is 3.01. The largest absolute Gasteiger partial charge is 0.299 e. The number of rotatable bonds is 3. The molecular formula is C12H16N2O. The number of Topliss-reactive ketones (excluding diaryl/α,β-unsaturated/α-hetero) is 1. The molecule has 1 saturated carbocycles. The third kappa shape index (κ3) is 2.85. The first-order valence-corrected chi connectivity index (χ1v) is 5.65. The summed E-state index contributed by atoms with van der Waals surface area (Å²) in [4.78, 5) is 20.1. The Kier molecular flexibility index (Phi) is 3.43. The van der Waals surface area contributed by atoms with Gasteiger partial charge in [-0.15, -0.1) is 0 Å². The van der Waals surface area contributed by atoms with Crippen LogP contribution in [0.25, 0.3) is 0 Å². The third-order valence-electron chi connectivity index (χ3n) is 3.01. The van der Waals surface area contributed by atoms with Gasteiger partial charge >= 0.3 is 0 Å². The molecule has 1 heterocycles. The molecule has 1 aromatic rings. The number of hydrogen-bond donors (Lipinski definition) is 0. The van der Waals surface area contributed by atoms with Crippen LogP contribution in [0.4, 0.5) is 0 Å². The molecule has 2 rings (SSSR count). The highest BCUT2D eigenvalue weighted by Crippen LogP contribution is 2.24. The van der Waals surface area contributed by atoms with Crippen molar-refractivity contribution in [3.8, 4) is 0 Å². The summed E-state index contributed by atoms with van der Waals surface area (Å²) in [6.07, 6.45) is 9.60. The smallest absolute Gasteiger partial charge is 0.143 e. The van der Waals surface area contributed by atoms with Crippen LogP contribution in [0.1, 0.15) is 37.9 Å². The van der Waals surface area contributed by atoms with Gasteiger partial charge in [0.05, 0.1) is 6.42 Å². The van der Waals surface area contributed by atoms with Gasteiger partial charge in [0.25, 0.3) is 0 Å². The Morgan fingerprint density at radius 2 is 1.87 bits per heavy atom. The minimum Gasteiger partial charge on any atom is -0.299 e. The van der Waals surface area contributed by atoms with Gasteiger partial charge in [-0.2, -0.15) is 0 Å². The van der Waals surface area contributed by atoms with Crippen molar-refractivity contribution < 1.29 is 4.79 Å². The molecule has 1 aliphatic rings. The van der Waals surface area contributed by atoms with Crippen LogP contribution in [0.3, 0.4) is 0 Å². The predicted molar refractivity (Wildman–Crippen MR) is 57.3 cm³/mol. The van der Waals surface area contributed by atoms with Crippen LogP contribution >= 0.6 is 0 Å². The predicted octanol–water partition coefficient (Wildman–Crippen LogP) is 2.17. The van der Waals surface area contributed by atoms with Gasteiger partial charge in [0.2, 0.25) is 0 Å². The first-order chi connectivity index (χ1) is 7.36. The van der Waals surface area contributed by atoms with Crippen molar-refractivity contribution in [1.29, 1.82) is 0 Å². The molecule has 0 saturated heterocycles. The van der Waals surface area contributed by atoms with Crippen molar-refractivity contribution in [2.24, 2.45) is 5.92 Å². The van der Waals surface area contributed by atoms with Crippen LogP contribution in [0.2, 0.25) is 0 Å². The second kappa shape index (κ2) is 5.01. The maximum absolute atomic E-state index is 11.9. The lowest BCUT2D eigenvalue weighted by molar-refractivity contribution is -0.123. The van der Waals surface area contributed by atoms with Crippen LogP contribution in [-0.2, 0) is 11.2 Å². The highest BCUT2D eigenvalue weighted by molar-refractivity contribution is 5.82. The van der Waals surface area contributed by atoms with E-state index in [1.54, 1.807) is 18.5 Å². The molecule has 1 aromatic heterocycles. The average molecular weight is 204 g/mol. The van der Waals surface area contributed by atoms with Crippen LogP contribution in [0.15, 0.2) is 18.5 Å². The number of carbonyl (C=O) groups excluding carboxylic acids is 1. The first-order valence-electron chi connectivity index (χ1n) is 5.65. The lowest BCUT2D eigenvalue weighted by Gasteiger charge is -2.19. The zero-order valence-corrected chi connectivity index (χ0v) is 8.85. The molecule has 0 aliphatic heterocycles. The summed E-state index contributed by atoms with van der Waals surface area (Å²) >= 11 is 0. The summed E-state index contributed by atoms with van der Waals surface area (Å²) in [5, 5.41) is 0. The van der Waals surface area contributed by atoms with Gasteiger partial charge in [0.15, 0.2) is 0 Å². The Hall–Kier alpha value is -1.25. The van der Waals surface area contributed by atoms with Crippen LogP contribution in [0, 0.1) is 5.92 Å². The molecule has 3 nitrogen and oxygen atoms in total. The number of nitrogens with zero attached hydrogens (tertiary/aromatic N) is 2. The number of aromatic nitrogens is 2. The topological polar surface area (TPSA) is 42.9 Å². The fourth-order valence-corrected chi connectivity index (χ4v) is 2.15. The zero-order valence-electron chi connectivity index (χ0n) is 8.85. The molecule has 0 bridgehead atoms. The van der Waals surface area contributed by atoms with E-state index < -0.39 is 0 Å². The van der Waals surface area contributed by atoms with E-state index >= 15 is 0 Å². The Morgan fingerprint density at radius 1 is 1.20 bits per heavy atom. The monoisotopic (exact) mass is 204 g/mol. The van der Waals surface area contributed by atoms with E-state index in [9.17, 15) is 4.79 Å². The summed E-state index contributed by atoms with van der Waals surface area (Å²) in [5.41, 5.74) is 0. The van der Waals surface area contributed by atoms with Crippen molar-refractivity contribution >= 4 is 5.78 Å². The van der Waals surface area contributed by atoms with Gasteiger partial charge < -0.3 is 0 Å². The van der Waals surface area contributed by atoms with E-state index in [1.807, 2.05) is 0 Å². The molecule has 1 fully saturated rings. The molecule has 1 aliphatic carbocycles. The van der Waals surface area contributed by atoms with Crippen molar-refractivity contribution in [1.82, 2.24) is 9.97 Å². The van der Waals surface area contributed by atoms with Crippen LogP contribution in [0.5, 0.6) is 0 Å². The van der Waals surface area contributed by atoms with E-state index in [2.05, 4.69) is 9.97 Å². The van der Waals surface area contributed by atoms with Gasteiger partial charge in [0, 0.05) is 18.3 Å². The van der Waals surface area contributed by atoms with Crippen LogP contribution < -0.4 is 0 Å². The van der Waals surface area contributed by atoms with Crippen molar-refractivity contribution in [2.75, 3.05) is 0 Å². The van der Waals surface area contributed by atoms with E-state index in [1.165, 1.54) is 19.3 Å². The SMILES string of the molecule is O=C(Cc1ncccn1)C1CCCCC1. The molecule has 0 N–H and O–H groups in total. The molecule has 0 amide bonds. The summed E-state index contributed by atoms with van der Waals surface area (Å²) in [6, 6.07) is 1.77. The van der Waals surface area contributed by atoms with E-state index in [0.717, 1.165) is 12.8 Å². The first kappa shape index (κ1) is 10.3. The Morgan fingerprint density at radius 3 is 2.53 bits per heavy atom.